The van der Waals surface area contributed by atoms with Crippen LogP contribution in [0.5, 0.6) is 0 Å². The standard InChI is InChI=1S/C7H6N2O3S/c1-4(2-8)12-6(10)5-3-13-7(11)9-5/h3-4H,1H3,(H,9,11). The highest BCUT2D eigenvalue weighted by Crippen LogP contribution is 2.00. The molecule has 1 rings (SSSR count). The highest BCUT2D eigenvalue weighted by atomic mass is 32.1. The average molecular weight is 198 g/mol. The number of aromatic amines is 1. The number of H-pyrrole nitrogens is 1. The molecule has 0 saturated heterocycles. The number of esters is 1. The molecule has 0 aliphatic carbocycles. The molecule has 0 radical (unpaired) electrons. The van der Waals surface area contributed by atoms with Crippen molar-refractivity contribution >= 4 is 17.3 Å². The van der Waals surface area contributed by atoms with Gasteiger partial charge in [0, 0.05) is 5.38 Å². The highest BCUT2D eigenvalue weighted by molar-refractivity contribution is 7.07. The number of hydrogen-bond donors (Lipinski definition) is 1. The molecule has 0 amide bonds. The monoisotopic (exact) mass is 198 g/mol. The molecule has 0 spiro atoms. The predicted octanol–water partition coefficient (Wildman–Crippen LogP) is 0.505. The lowest BCUT2D eigenvalue weighted by Crippen LogP contribution is -2.14. The van der Waals surface area contributed by atoms with Crippen molar-refractivity contribution in [2.45, 2.75) is 13.0 Å². The number of nitrogens with zero attached hydrogens (tertiary/aromatic N) is 1. The molecule has 1 atom stereocenters. The van der Waals surface area contributed by atoms with E-state index >= 15 is 0 Å². The first-order chi connectivity index (χ1) is 6.13. The summed E-state index contributed by atoms with van der Waals surface area (Å²) in [6.45, 7) is 1.45. The van der Waals surface area contributed by atoms with Crippen LogP contribution in [0.25, 0.3) is 0 Å². The molecular weight excluding hydrogens is 192 g/mol. The van der Waals surface area contributed by atoms with Crippen molar-refractivity contribution in [3.8, 4) is 6.07 Å². The summed E-state index contributed by atoms with van der Waals surface area (Å²) in [6, 6.07) is 1.74. The zero-order valence-corrected chi connectivity index (χ0v) is 7.55. The summed E-state index contributed by atoms with van der Waals surface area (Å²) in [6.07, 6.45) is -0.809. The van der Waals surface area contributed by atoms with Crippen molar-refractivity contribution in [3.05, 3.63) is 20.7 Å². The Hall–Kier alpha value is -1.61. The Morgan fingerprint density at radius 3 is 3.00 bits per heavy atom. The SMILES string of the molecule is CC(C#N)OC(=O)c1csc(=O)[nH]1. The van der Waals surface area contributed by atoms with Gasteiger partial charge in [0.25, 0.3) is 0 Å². The van der Waals surface area contributed by atoms with Crippen LogP contribution in [0, 0.1) is 11.3 Å². The molecule has 0 saturated carbocycles. The van der Waals surface area contributed by atoms with Crippen molar-refractivity contribution in [3.63, 3.8) is 0 Å². The molecule has 68 valence electrons. The van der Waals surface area contributed by atoms with Crippen LogP contribution < -0.4 is 4.87 Å². The van der Waals surface area contributed by atoms with E-state index in [1.165, 1.54) is 12.3 Å². The Kier molecular flexibility index (Phi) is 2.82. The molecule has 0 aromatic carbocycles. The van der Waals surface area contributed by atoms with Gasteiger partial charge in [0.1, 0.15) is 11.8 Å². The van der Waals surface area contributed by atoms with Crippen LogP contribution in [0.3, 0.4) is 0 Å². The number of aromatic nitrogens is 1. The number of hydrogen-bond acceptors (Lipinski definition) is 5. The molecule has 1 aromatic heterocycles. The van der Waals surface area contributed by atoms with E-state index in [2.05, 4.69) is 9.72 Å². The normalized spacial score (nSPS) is 11.7. The van der Waals surface area contributed by atoms with Gasteiger partial charge in [-0.25, -0.2) is 4.79 Å². The highest BCUT2D eigenvalue weighted by Gasteiger charge is 2.12. The molecule has 0 bridgehead atoms. The van der Waals surface area contributed by atoms with Crippen molar-refractivity contribution in [1.82, 2.24) is 4.98 Å². The fourth-order valence-electron chi connectivity index (χ4n) is 0.631. The largest absolute Gasteiger partial charge is 0.443 e. The molecule has 13 heavy (non-hydrogen) atoms. The van der Waals surface area contributed by atoms with Gasteiger partial charge in [0.2, 0.25) is 0 Å². The molecular formula is C7H6N2O3S. The third-order valence-electron chi connectivity index (χ3n) is 1.21. The fourth-order valence-corrected chi connectivity index (χ4v) is 1.18. The first kappa shape index (κ1) is 9.48. The summed E-state index contributed by atoms with van der Waals surface area (Å²) < 4.78 is 4.64. The Balaban J connectivity index is 2.71. The van der Waals surface area contributed by atoms with E-state index in [9.17, 15) is 9.59 Å². The third kappa shape index (κ3) is 2.42. The van der Waals surface area contributed by atoms with Gasteiger partial charge in [-0.2, -0.15) is 5.26 Å². The second-order valence-corrected chi connectivity index (χ2v) is 3.08. The van der Waals surface area contributed by atoms with Gasteiger partial charge in [-0.05, 0) is 6.92 Å². The first-order valence-corrected chi connectivity index (χ1v) is 4.30. The maximum Gasteiger partial charge on any atom is 0.357 e. The molecule has 6 heteroatoms. The number of carbonyl (C=O) groups excluding carboxylic acids is 1. The van der Waals surface area contributed by atoms with E-state index in [0.717, 1.165) is 11.3 Å². The molecule has 0 aliphatic rings. The van der Waals surface area contributed by atoms with Gasteiger partial charge in [0.05, 0.1) is 0 Å². The smallest absolute Gasteiger partial charge is 0.357 e. The van der Waals surface area contributed by atoms with Gasteiger partial charge < -0.3 is 9.72 Å². The lowest BCUT2D eigenvalue weighted by atomic mass is 10.4. The Labute approximate surface area is 77.6 Å². The van der Waals surface area contributed by atoms with Crippen molar-refractivity contribution in [2.24, 2.45) is 0 Å². The Bertz CT molecular complexity index is 400. The summed E-state index contributed by atoms with van der Waals surface area (Å²) in [4.78, 5) is 23.7. The summed E-state index contributed by atoms with van der Waals surface area (Å²) in [5.74, 6) is -0.688. The number of nitrogens with one attached hydrogen (secondary N) is 1. The molecule has 1 N–H and O–H groups in total. The zero-order valence-electron chi connectivity index (χ0n) is 6.73. The molecule has 1 aromatic rings. The number of carbonyl (C=O) groups is 1. The van der Waals surface area contributed by atoms with Crippen molar-refractivity contribution in [2.75, 3.05) is 0 Å². The van der Waals surface area contributed by atoms with Crippen LogP contribution >= 0.6 is 11.3 Å². The fraction of sp³-hybridized carbons (Fsp3) is 0.286. The van der Waals surface area contributed by atoms with Gasteiger partial charge in [-0.3, -0.25) is 4.79 Å². The molecule has 5 nitrogen and oxygen atoms in total. The van der Waals surface area contributed by atoms with Crippen LogP contribution in [0.15, 0.2) is 10.2 Å². The summed E-state index contributed by atoms with van der Waals surface area (Å²) >= 11 is 0.873. The van der Waals surface area contributed by atoms with E-state index in [-0.39, 0.29) is 10.6 Å². The second kappa shape index (κ2) is 3.87. The van der Waals surface area contributed by atoms with E-state index in [4.69, 9.17) is 5.26 Å². The van der Waals surface area contributed by atoms with Crippen molar-refractivity contribution in [1.29, 1.82) is 5.26 Å². The average Bonchev–Trinajstić information content (AvgIpc) is 2.51. The number of rotatable bonds is 2. The molecule has 1 unspecified atom stereocenters. The van der Waals surface area contributed by atoms with E-state index < -0.39 is 12.1 Å². The van der Waals surface area contributed by atoms with Crippen LogP contribution in [0.2, 0.25) is 0 Å². The minimum absolute atomic E-state index is 0.0806. The molecule has 1 heterocycles. The van der Waals surface area contributed by atoms with E-state index in [1.54, 1.807) is 6.07 Å². The van der Waals surface area contributed by atoms with Gasteiger partial charge >= 0.3 is 10.8 Å². The zero-order chi connectivity index (χ0) is 9.84. The maximum atomic E-state index is 11.1. The lowest BCUT2D eigenvalue weighted by Gasteiger charge is -2.02. The summed E-state index contributed by atoms with van der Waals surface area (Å²) in [5.41, 5.74) is 0.0806. The van der Waals surface area contributed by atoms with Crippen LogP contribution in [0.1, 0.15) is 17.4 Å². The number of ether oxygens (including phenoxy) is 1. The van der Waals surface area contributed by atoms with Crippen molar-refractivity contribution < 1.29 is 9.53 Å². The summed E-state index contributed by atoms with van der Waals surface area (Å²) in [5, 5.41) is 9.70. The van der Waals surface area contributed by atoms with Gasteiger partial charge in [-0.15, -0.1) is 0 Å². The third-order valence-corrected chi connectivity index (χ3v) is 1.88. The minimum Gasteiger partial charge on any atom is -0.443 e. The minimum atomic E-state index is -0.809. The second-order valence-electron chi connectivity index (χ2n) is 2.24. The maximum absolute atomic E-state index is 11.1. The van der Waals surface area contributed by atoms with Gasteiger partial charge in [-0.1, -0.05) is 11.3 Å². The topological polar surface area (TPSA) is 82.9 Å². The first-order valence-electron chi connectivity index (χ1n) is 3.42. The Morgan fingerprint density at radius 2 is 2.54 bits per heavy atom. The number of nitriles is 1. The van der Waals surface area contributed by atoms with Crippen LogP contribution in [-0.2, 0) is 4.74 Å². The predicted molar refractivity (Wildman–Crippen MR) is 45.4 cm³/mol. The van der Waals surface area contributed by atoms with E-state index in [1.807, 2.05) is 0 Å². The quantitative estimate of drug-likeness (QED) is 0.701. The molecule has 0 fully saturated rings. The van der Waals surface area contributed by atoms with Gasteiger partial charge in [0.15, 0.2) is 6.10 Å². The Morgan fingerprint density at radius 1 is 1.85 bits per heavy atom. The van der Waals surface area contributed by atoms with E-state index in [0.29, 0.717) is 0 Å². The number of thiazole rings is 1. The summed E-state index contributed by atoms with van der Waals surface area (Å²) in [7, 11) is 0. The molecule has 0 aliphatic heterocycles. The lowest BCUT2D eigenvalue weighted by molar-refractivity contribution is 0.0429. The van der Waals surface area contributed by atoms with Crippen LogP contribution in [-0.4, -0.2) is 17.1 Å². The van der Waals surface area contributed by atoms with Crippen LogP contribution in [0.4, 0.5) is 0 Å².